The second-order valence-corrected chi connectivity index (χ2v) is 5.84. The Labute approximate surface area is 119 Å². The number of aryl methyl sites for hydroxylation is 3. The molecule has 2 rings (SSSR count). The summed E-state index contributed by atoms with van der Waals surface area (Å²) in [7, 11) is 0. The van der Waals surface area contributed by atoms with E-state index in [9.17, 15) is 0 Å². The normalized spacial score (nSPS) is 10.9. The molecule has 0 atom stereocenters. The molecule has 0 aliphatic rings. The molecule has 1 aromatic heterocycles. The zero-order valence-electron chi connectivity index (χ0n) is 11.9. The largest absolute Gasteiger partial charge is 0.317 e. The van der Waals surface area contributed by atoms with Crippen LogP contribution in [-0.2, 0) is 6.42 Å². The maximum absolute atomic E-state index is 4.34. The van der Waals surface area contributed by atoms with Crippen LogP contribution in [0.5, 0.6) is 0 Å². The van der Waals surface area contributed by atoms with Crippen LogP contribution in [0, 0.1) is 13.8 Å². The molecule has 102 valence electrons. The monoisotopic (exact) mass is 275 g/mol. The summed E-state index contributed by atoms with van der Waals surface area (Å²) in [6.07, 6.45) is 2.13. The molecule has 0 unspecified atom stereocenters. The van der Waals surface area contributed by atoms with Crippen LogP contribution in [0.1, 0.15) is 29.5 Å². The van der Waals surface area contributed by atoms with E-state index in [1.807, 2.05) is 0 Å². The number of benzene rings is 1. The van der Waals surface area contributed by atoms with E-state index >= 15 is 0 Å². The van der Waals surface area contributed by atoms with E-state index in [4.69, 9.17) is 0 Å². The van der Waals surface area contributed by atoms with Crippen molar-refractivity contribution in [3.05, 3.63) is 34.3 Å². The third-order valence-corrected chi connectivity index (χ3v) is 4.10. The topological polar surface area (TPSA) is 37.8 Å². The van der Waals surface area contributed by atoms with Crippen LogP contribution in [-0.4, -0.2) is 23.3 Å². The first-order valence-corrected chi connectivity index (χ1v) is 7.63. The van der Waals surface area contributed by atoms with Gasteiger partial charge in [0.25, 0.3) is 0 Å². The van der Waals surface area contributed by atoms with Gasteiger partial charge in [0.05, 0.1) is 0 Å². The molecule has 0 saturated heterocycles. The molecule has 0 bridgehead atoms. The van der Waals surface area contributed by atoms with Gasteiger partial charge in [0.15, 0.2) is 0 Å². The Morgan fingerprint density at radius 2 is 2.05 bits per heavy atom. The molecule has 0 amide bonds. The number of rotatable bonds is 6. The molecule has 0 spiro atoms. The van der Waals surface area contributed by atoms with E-state index < -0.39 is 0 Å². The van der Waals surface area contributed by atoms with E-state index in [-0.39, 0.29) is 0 Å². The SMILES string of the molecule is CCNCCCc1nnc(-c2cc(C)ccc2C)s1. The lowest BCUT2D eigenvalue weighted by Gasteiger charge is -2.02. The first-order chi connectivity index (χ1) is 9.20. The average molecular weight is 275 g/mol. The van der Waals surface area contributed by atoms with E-state index in [0.29, 0.717) is 0 Å². The van der Waals surface area contributed by atoms with Crippen molar-refractivity contribution in [1.29, 1.82) is 0 Å². The second-order valence-electron chi connectivity index (χ2n) is 4.78. The summed E-state index contributed by atoms with van der Waals surface area (Å²) in [6, 6.07) is 6.48. The molecule has 1 N–H and O–H groups in total. The molecular formula is C15H21N3S. The van der Waals surface area contributed by atoms with Crippen molar-refractivity contribution in [3.8, 4) is 10.6 Å². The number of nitrogens with one attached hydrogen (secondary N) is 1. The summed E-state index contributed by atoms with van der Waals surface area (Å²) in [5, 5.41) is 14.1. The number of hydrogen-bond donors (Lipinski definition) is 1. The van der Waals surface area contributed by atoms with Crippen molar-refractivity contribution in [2.75, 3.05) is 13.1 Å². The Bertz CT molecular complexity index is 534. The van der Waals surface area contributed by atoms with Crippen molar-refractivity contribution in [2.24, 2.45) is 0 Å². The molecule has 3 nitrogen and oxygen atoms in total. The minimum atomic E-state index is 1.01. The quantitative estimate of drug-likeness (QED) is 0.821. The number of nitrogens with zero attached hydrogens (tertiary/aromatic N) is 2. The van der Waals surface area contributed by atoms with Crippen LogP contribution in [0.2, 0.25) is 0 Å². The van der Waals surface area contributed by atoms with E-state index in [2.05, 4.69) is 54.5 Å². The standard InChI is InChI=1S/C15H21N3S/c1-4-16-9-5-6-14-17-18-15(19-14)13-10-11(2)7-8-12(13)3/h7-8,10,16H,4-6,9H2,1-3H3. The van der Waals surface area contributed by atoms with Crippen LogP contribution < -0.4 is 5.32 Å². The van der Waals surface area contributed by atoms with Crippen LogP contribution >= 0.6 is 11.3 Å². The number of hydrogen-bond acceptors (Lipinski definition) is 4. The second kappa shape index (κ2) is 6.78. The highest BCUT2D eigenvalue weighted by Crippen LogP contribution is 2.27. The van der Waals surface area contributed by atoms with Gasteiger partial charge in [-0.15, -0.1) is 10.2 Å². The van der Waals surface area contributed by atoms with Crippen molar-refractivity contribution >= 4 is 11.3 Å². The highest BCUT2D eigenvalue weighted by molar-refractivity contribution is 7.14. The maximum Gasteiger partial charge on any atom is 0.148 e. The van der Waals surface area contributed by atoms with Gasteiger partial charge < -0.3 is 5.32 Å². The fraction of sp³-hybridized carbons (Fsp3) is 0.467. The molecule has 0 fully saturated rings. The minimum Gasteiger partial charge on any atom is -0.317 e. The molecule has 0 aliphatic heterocycles. The maximum atomic E-state index is 4.34. The van der Waals surface area contributed by atoms with Gasteiger partial charge in [-0.1, -0.05) is 36.0 Å². The van der Waals surface area contributed by atoms with Crippen molar-refractivity contribution in [1.82, 2.24) is 15.5 Å². The van der Waals surface area contributed by atoms with E-state index in [0.717, 1.165) is 35.9 Å². The van der Waals surface area contributed by atoms with E-state index in [1.165, 1.54) is 16.7 Å². The van der Waals surface area contributed by atoms with Gasteiger partial charge in [-0.3, -0.25) is 0 Å². The first-order valence-electron chi connectivity index (χ1n) is 6.81. The van der Waals surface area contributed by atoms with Gasteiger partial charge >= 0.3 is 0 Å². The molecule has 4 heteroatoms. The highest BCUT2D eigenvalue weighted by atomic mass is 32.1. The van der Waals surface area contributed by atoms with Gasteiger partial charge in [0, 0.05) is 12.0 Å². The predicted molar refractivity (Wildman–Crippen MR) is 81.7 cm³/mol. The molecule has 0 aliphatic carbocycles. The highest BCUT2D eigenvalue weighted by Gasteiger charge is 2.09. The predicted octanol–water partition coefficient (Wildman–Crippen LogP) is 3.36. The Morgan fingerprint density at radius 3 is 2.84 bits per heavy atom. The molecule has 0 saturated carbocycles. The van der Waals surface area contributed by atoms with E-state index in [1.54, 1.807) is 11.3 Å². The molecule has 1 heterocycles. The van der Waals surface area contributed by atoms with Crippen molar-refractivity contribution < 1.29 is 0 Å². The summed E-state index contributed by atoms with van der Waals surface area (Å²) in [4.78, 5) is 0. The fourth-order valence-corrected chi connectivity index (χ4v) is 2.93. The van der Waals surface area contributed by atoms with Gasteiger partial charge in [0.1, 0.15) is 10.0 Å². The van der Waals surface area contributed by atoms with Crippen LogP contribution in [0.25, 0.3) is 10.6 Å². The van der Waals surface area contributed by atoms with Crippen LogP contribution in [0.4, 0.5) is 0 Å². The fourth-order valence-electron chi connectivity index (χ4n) is 1.97. The summed E-state index contributed by atoms with van der Waals surface area (Å²) in [6.45, 7) is 8.45. The Balaban J connectivity index is 2.06. The smallest absolute Gasteiger partial charge is 0.148 e. The molecule has 19 heavy (non-hydrogen) atoms. The summed E-state index contributed by atoms with van der Waals surface area (Å²) < 4.78 is 0. The van der Waals surface area contributed by atoms with Gasteiger partial charge in [-0.05, 0) is 45.0 Å². The summed E-state index contributed by atoms with van der Waals surface area (Å²) >= 11 is 1.72. The molecule has 0 radical (unpaired) electrons. The van der Waals surface area contributed by atoms with Crippen LogP contribution in [0.3, 0.4) is 0 Å². The third-order valence-electron chi connectivity index (χ3n) is 3.08. The zero-order valence-corrected chi connectivity index (χ0v) is 12.7. The lowest BCUT2D eigenvalue weighted by Crippen LogP contribution is -2.14. The third kappa shape index (κ3) is 3.85. The van der Waals surface area contributed by atoms with Gasteiger partial charge in [-0.2, -0.15) is 0 Å². The Hall–Kier alpha value is -1.26. The van der Waals surface area contributed by atoms with Crippen LogP contribution in [0.15, 0.2) is 18.2 Å². The summed E-state index contributed by atoms with van der Waals surface area (Å²) in [5.41, 5.74) is 3.75. The lowest BCUT2D eigenvalue weighted by atomic mass is 10.1. The van der Waals surface area contributed by atoms with Gasteiger partial charge in [0.2, 0.25) is 0 Å². The van der Waals surface area contributed by atoms with Crippen molar-refractivity contribution in [2.45, 2.75) is 33.6 Å². The molecular weight excluding hydrogens is 254 g/mol. The number of aromatic nitrogens is 2. The lowest BCUT2D eigenvalue weighted by molar-refractivity contribution is 0.669. The average Bonchev–Trinajstić information content (AvgIpc) is 2.86. The molecule has 1 aromatic carbocycles. The summed E-state index contributed by atoms with van der Waals surface area (Å²) in [5.74, 6) is 0. The Morgan fingerprint density at radius 1 is 1.21 bits per heavy atom. The minimum absolute atomic E-state index is 1.01. The molecule has 2 aromatic rings. The first kappa shape index (κ1) is 14.2. The zero-order chi connectivity index (χ0) is 13.7. The van der Waals surface area contributed by atoms with Gasteiger partial charge in [-0.25, -0.2) is 0 Å². The van der Waals surface area contributed by atoms with Crippen molar-refractivity contribution in [3.63, 3.8) is 0 Å². The Kier molecular flexibility index (Phi) is 5.05.